The van der Waals surface area contributed by atoms with Crippen LogP contribution in [0.25, 0.3) is 0 Å². The Balaban J connectivity index is 1.68. The summed E-state index contributed by atoms with van der Waals surface area (Å²) < 4.78 is 0. The molecule has 2 heteroatoms. The van der Waals surface area contributed by atoms with Crippen LogP contribution in [0.4, 0.5) is 0 Å². The molecule has 0 heterocycles. The highest BCUT2D eigenvalue weighted by Crippen LogP contribution is 2.30. The molecule has 2 saturated carbocycles. The summed E-state index contributed by atoms with van der Waals surface area (Å²) in [4.78, 5) is 2.59. The van der Waals surface area contributed by atoms with Crippen molar-refractivity contribution in [1.29, 1.82) is 0 Å². The molecule has 0 radical (unpaired) electrons. The van der Waals surface area contributed by atoms with E-state index in [0.29, 0.717) is 0 Å². The van der Waals surface area contributed by atoms with Crippen molar-refractivity contribution < 1.29 is 0 Å². The number of rotatable bonds is 8. The van der Waals surface area contributed by atoms with Crippen LogP contribution in [0.2, 0.25) is 0 Å². The minimum absolute atomic E-state index is 0.774. The second kappa shape index (κ2) is 5.31. The fourth-order valence-electron chi connectivity index (χ4n) is 2.26. The summed E-state index contributed by atoms with van der Waals surface area (Å²) in [5.41, 5.74) is 0. The van der Waals surface area contributed by atoms with Crippen molar-refractivity contribution in [1.82, 2.24) is 10.2 Å². The van der Waals surface area contributed by atoms with Crippen molar-refractivity contribution in [2.24, 2.45) is 5.92 Å². The highest BCUT2D eigenvalue weighted by atomic mass is 15.2. The SMILES string of the molecule is CCCC(CNC1CC1)N(C)CC1CC1. The van der Waals surface area contributed by atoms with Gasteiger partial charge < -0.3 is 10.2 Å². The van der Waals surface area contributed by atoms with Crippen LogP contribution in [-0.2, 0) is 0 Å². The Morgan fingerprint density at radius 3 is 2.53 bits per heavy atom. The second-order valence-electron chi connectivity index (χ2n) is 5.51. The zero-order chi connectivity index (χ0) is 10.7. The van der Waals surface area contributed by atoms with Crippen LogP contribution in [-0.4, -0.2) is 37.1 Å². The number of hydrogen-bond acceptors (Lipinski definition) is 2. The van der Waals surface area contributed by atoms with Gasteiger partial charge in [0.2, 0.25) is 0 Å². The van der Waals surface area contributed by atoms with Gasteiger partial charge in [-0.1, -0.05) is 13.3 Å². The lowest BCUT2D eigenvalue weighted by Gasteiger charge is -2.28. The summed E-state index contributed by atoms with van der Waals surface area (Å²) in [6, 6.07) is 1.63. The first-order valence-electron chi connectivity index (χ1n) is 6.73. The Morgan fingerprint density at radius 1 is 1.27 bits per heavy atom. The molecule has 0 spiro atoms. The van der Waals surface area contributed by atoms with Crippen molar-refractivity contribution >= 4 is 0 Å². The van der Waals surface area contributed by atoms with Gasteiger partial charge >= 0.3 is 0 Å². The highest BCUT2D eigenvalue weighted by molar-refractivity contribution is 4.85. The molecule has 1 unspecified atom stereocenters. The third-order valence-electron chi connectivity index (χ3n) is 3.71. The molecule has 2 aliphatic carbocycles. The molecule has 0 bridgehead atoms. The second-order valence-corrected chi connectivity index (χ2v) is 5.51. The molecular formula is C13H26N2. The van der Waals surface area contributed by atoms with Crippen molar-refractivity contribution in [3.63, 3.8) is 0 Å². The molecule has 1 atom stereocenters. The van der Waals surface area contributed by atoms with Crippen molar-refractivity contribution in [2.75, 3.05) is 20.1 Å². The summed E-state index contributed by atoms with van der Waals surface area (Å²) in [5.74, 6) is 1.02. The number of likely N-dealkylation sites (N-methyl/N-ethyl adjacent to an activating group) is 1. The zero-order valence-corrected chi connectivity index (χ0v) is 10.3. The standard InChI is InChI=1S/C13H26N2/c1-3-4-13(9-14-12-7-8-12)15(2)10-11-5-6-11/h11-14H,3-10H2,1-2H3. The van der Waals surface area contributed by atoms with E-state index in [9.17, 15) is 0 Å². The fourth-order valence-corrected chi connectivity index (χ4v) is 2.26. The molecule has 1 N–H and O–H groups in total. The first kappa shape index (κ1) is 11.4. The van der Waals surface area contributed by atoms with Gasteiger partial charge in [-0.3, -0.25) is 0 Å². The summed E-state index contributed by atoms with van der Waals surface area (Å²) in [7, 11) is 2.31. The normalized spacial score (nSPS) is 23.4. The lowest BCUT2D eigenvalue weighted by Crippen LogP contribution is -2.41. The molecule has 2 fully saturated rings. The van der Waals surface area contributed by atoms with E-state index in [1.807, 2.05) is 0 Å². The maximum atomic E-state index is 3.67. The van der Waals surface area contributed by atoms with Gasteiger partial charge in [-0.05, 0) is 45.1 Å². The summed E-state index contributed by atoms with van der Waals surface area (Å²) in [6.07, 6.45) is 8.42. The molecule has 2 nitrogen and oxygen atoms in total. The first-order chi connectivity index (χ1) is 7.29. The third-order valence-corrected chi connectivity index (χ3v) is 3.71. The Bertz CT molecular complexity index is 185. The van der Waals surface area contributed by atoms with Crippen LogP contribution in [0.3, 0.4) is 0 Å². The molecule has 88 valence electrons. The van der Waals surface area contributed by atoms with E-state index in [4.69, 9.17) is 0 Å². The smallest absolute Gasteiger partial charge is 0.0217 e. The van der Waals surface area contributed by atoms with Crippen molar-refractivity contribution in [3.8, 4) is 0 Å². The van der Waals surface area contributed by atoms with Crippen LogP contribution in [0.1, 0.15) is 45.4 Å². The van der Waals surface area contributed by atoms with Crippen LogP contribution in [0.5, 0.6) is 0 Å². The molecule has 0 aromatic rings. The van der Waals surface area contributed by atoms with Gasteiger partial charge in [0.1, 0.15) is 0 Å². The zero-order valence-electron chi connectivity index (χ0n) is 10.3. The average molecular weight is 210 g/mol. The van der Waals surface area contributed by atoms with Crippen LogP contribution < -0.4 is 5.32 Å². The number of hydrogen-bond donors (Lipinski definition) is 1. The minimum atomic E-state index is 0.774. The van der Waals surface area contributed by atoms with E-state index in [1.54, 1.807) is 0 Å². The van der Waals surface area contributed by atoms with E-state index in [0.717, 1.165) is 18.0 Å². The number of nitrogens with zero attached hydrogens (tertiary/aromatic N) is 1. The predicted molar refractivity (Wildman–Crippen MR) is 65.1 cm³/mol. The molecule has 0 amide bonds. The quantitative estimate of drug-likeness (QED) is 0.661. The Kier molecular flexibility index (Phi) is 4.04. The molecule has 0 aliphatic heterocycles. The van der Waals surface area contributed by atoms with Gasteiger partial charge in [0.25, 0.3) is 0 Å². The van der Waals surface area contributed by atoms with E-state index in [1.165, 1.54) is 51.6 Å². The monoisotopic (exact) mass is 210 g/mol. The molecule has 0 aromatic heterocycles. The van der Waals surface area contributed by atoms with Gasteiger partial charge in [0, 0.05) is 25.2 Å². The molecule has 0 saturated heterocycles. The summed E-state index contributed by atoms with van der Waals surface area (Å²) in [5, 5.41) is 3.67. The topological polar surface area (TPSA) is 15.3 Å². The molecular weight excluding hydrogens is 184 g/mol. The summed E-state index contributed by atoms with van der Waals surface area (Å²) in [6.45, 7) is 4.84. The maximum absolute atomic E-state index is 3.67. The lowest BCUT2D eigenvalue weighted by molar-refractivity contribution is 0.214. The molecule has 15 heavy (non-hydrogen) atoms. The predicted octanol–water partition coefficient (Wildman–Crippen LogP) is 2.25. The Morgan fingerprint density at radius 2 is 2.00 bits per heavy atom. The molecule has 2 rings (SSSR count). The van der Waals surface area contributed by atoms with E-state index < -0.39 is 0 Å². The van der Waals surface area contributed by atoms with E-state index >= 15 is 0 Å². The van der Waals surface area contributed by atoms with Crippen molar-refractivity contribution in [2.45, 2.75) is 57.5 Å². The Labute approximate surface area is 94.4 Å². The van der Waals surface area contributed by atoms with Crippen LogP contribution >= 0.6 is 0 Å². The Hall–Kier alpha value is -0.0800. The summed E-state index contributed by atoms with van der Waals surface area (Å²) >= 11 is 0. The lowest BCUT2D eigenvalue weighted by atomic mass is 10.1. The molecule has 2 aliphatic rings. The van der Waals surface area contributed by atoms with Crippen LogP contribution in [0, 0.1) is 5.92 Å². The molecule has 0 aromatic carbocycles. The van der Waals surface area contributed by atoms with Crippen molar-refractivity contribution in [3.05, 3.63) is 0 Å². The van der Waals surface area contributed by atoms with Gasteiger partial charge in [0.05, 0.1) is 0 Å². The first-order valence-corrected chi connectivity index (χ1v) is 6.73. The van der Waals surface area contributed by atoms with E-state index in [-0.39, 0.29) is 0 Å². The van der Waals surface area contributed by atoms with E-state index in [2.05, 4.69) is 24.2 Å². The minimum Gasteiger partial charge on any atom is -0.312 e. The van der Waals surface area contributed by atoms with Gasteiger partial charge in [-0.2, -0.15) is 0 Å². The van der Waals surface area contributed by atoms with Gasteiger partial charge in [-0.15, -0.1) is 0 Å². The van der Waals surface area contributed by atoms with Gasteiger partial charge in [0.15, 0.2) is 0 Å². The maximum Gasteiger partial charge on any atom is 0.0217 e. The third kappa shape index (κ3) is 4.12. The van der Waals surface area contributed by atoms with Gasteiger partial charge in [-0.25, -0.2) is 0 Å². The average Bonchev–Trinajstić information content (AvgIpc) is 3.04. The fraction of sp³-hybridized carbons (Fsp3) is 1.00. The highest BCUT2D eigenvalue weighted by Gasteiger charge is 2.27. The number of nitrogens with one attached hydrogen (secondary N) is 1. The van der Waals surface area contributed by atoms with Crippen LogP contribution in [0.15, 0.2) is 0 Å². The largest absolute Gasteiger partial charge is 0.312 e.